The molecule has 0 heterocycles. The molecule has 0 unspecified atom stereocenters. The van der Waals surface area contributed by atoms with E-state index in [9.17, 15) is 4.79 Å². The van der Waals surface area contributed by atoms with Gasteiger partial charge in [-0.15, -0.1) is 0 Å². The predicted molar refractivity (Wildman–Crippen MR) is 81.9 cm³/mol. The van der Waals surface area contributed by atoms with Gasteiger partial charge in [0.2, 0.25) is 5.91 Å². The molecular formula is C15H23NO2S. The molecule has 0 N–H and O–H groups in total. The van der Waals surface area contributed by atoms with Crippen LogP contribution in [0.25, 0.3) is 0 Å². The Hall–Kier alpha value is -1.16. The highest BCUT2D eigenvalue weighted by Crippen LogP contribution is 2.16. The van der Waals surface area contributed by atoms with Crippen LogP contribution >= 0.6 is 11.8 Å². The van der Waals surface area contributed by atoms with Crippen molar-refractivity contribution >= 4 is 17.7 Å². The first-order chi connectivity index (χ1) is 8.99. The summed E-state index contributed by atoms with van der Waals surface area (Å²) in [5, 5.41) is 0.0170. The van der Waals surface area contributed by atoms with Crippen molar-refractivity contribution < 1.29 is 9.53 Å². The van der Waals surface area contributed by atoms with Gasteiger partial charge in [0, 0.05) is 13.1 Å². The number of benzene rings is 1. The van der Waals surface area contributed by atoms with Crippen molar-refractivity contribution in [1.82, 2.24) is 4.90 Å². The molecule has 0 radical (unpaired) electrons. The van der Waals surface area contributed by atoms with Crippen molar-refractivity contribution in [3.63, 3.8) is 0 Å². The van der Waals surface area contributed by atoms with Crippen molar-refractivity contribution in [2.75, 3.05) is 20.4 Å². The van der Waals surface area contributed by atoms with Crippen molar-refractivity contribution in [1.29, 1.82) is 0 Å². The quantitative estimate of drug-likeness (QED) is 0.803. The van der Waals surface area contributed by atoms with E-state index in [-0.39, 0.29) is 17.2 Å². The van der Waals surface area contributed by atoms with Crippen molar-refractivity contribution in [2.45, 2.75) is 31.6 Å². The molecule has 0 spiro atoms. The minimum atomic E-state index is 0.0170. The Bertz CT molecular complexity index is 405. The summed E-state index contributed by atoms with van der Waals surface area (Å²) in [5.74, 6) is 1.05. The molecule has 1 amide bonds. The summed E-state index contributed by atoms with van der Waals surface area (Å²) >= 11 is 1.58. The normalized spacial score (nSPS) is 13.7. The van der Waals surface area contributed by atoms with Crippen LogP contribution in [0.4, 0.5) is 0 Å². The van der Waals surface area contributed by atoms with Gasteiger partial charge in [0.25, 0.3) is 0 Å². The molecule has 0 aliphatic carbocycles. The largest absolute Gasteiger partial charge is 0.497 e. The molecule has 0 bridgehead atoms. The highest BCUT2D eigenvalue weighted by Gasteiger charge is 2.20. The van der Waals surface area contributed by atoms with E-state index in [1.165, 1.54) is 5.56 Å². The van der Waals surface area contributed by atoms with Gasteiger partial charge in [0.05, 0.1) is 12.4 Å². The van der Waals surface area contributed by atoms with Crippen LogP contribution in [0.1, 0.15) is 19.4 Å². The molecule has 3 nitrogen and oxygen atoms in total. The van der Waals surface area contributed by atoms with Crippen molar-refractivity contribution in [2.24, 2.45) is 0 Å². The molecule has 1 rings (SSSR count). The van der Waals surface area contributed by atoms with Crippen LogP contribution in [0, 0.1) is 0 Å². The second-order valence-electron chi connectivity index (χ2n) is 4.73. The maximum Gasteiger partial charge on any atom is 0.235 e. The summed E-state index contributed by atoms with van der Waals surface area (Å²) in [6, 6.07) is 8.19. The van der Waals surface area contributed by atoms with Gasteiger partial charge in [0.1, 0.15) is 5.75 Å². The van der Waals surface area contributed by atoms with Crippen LogP contribution in [0.2, 0.25) is 0 Å². The van der Waals surface area contributed by atoms with E-state index < -0.39 is 0 Å². The van der Waals surface area contributed by atoms with Crippen LogP contribution in [-0.2, 0) is 11.2 Å². The van der Waals surface area contributed by atoms with Gasteiger partial charge in [-0.1, -0.05) is 12.1 Å². The average Bonchev–Trinajstić information content (AvgIpc) is 2.45. The zero-order chi connectivity index (χ0) is 14.4. The van der Waals surface area contributed by atoms with Gasteiger partial charge in [-0.05, 0) is 44.2 Å². The molecule has 0 saturated carbocycles. The van der Waals surface area contributed by atoms with E-state index in [1.54, 1.807) is 18.9 Å². The lowest BCUT2D eigenvalue weighted by atomic mass is 10.1. The van der Waals surface area contributed by atoms with E-state index in [1.807, 2.05) is 49.4 Å². The zero-order valence-corrected chi connectivity index (χ0v) is 13.2. The fourth-order valence-corrected chi connectivity index (χ4v) is 2.21. The number of methoxy groups -OCH3 is 1. The van der Waals surface area contributed by atoms with Gasteiger partial charge in [-0.25, -0.2) is 0 Å². The summed E-state index contributed by atoms with van der Waals surface area (Å²) in [5.41, 5.74) is 1.21. The molecule has 4 heteroatoms. The fourth-order valence-electron chi connectivity index (χ4n) is 1.84. The first kappa shape index (κ1) is 15.9. The number of carbonyl (C=O) groups excluding carboxylic acids is 1. The smallest absolute Gasteiger partial charge is 0.235 e. The second kappa shape index (κ2) is 7.43. The lowest BCUT2D eigenvalue weighted by Gasteiger charge is -2.27. The molecule has 19 heavy (non-hydrogen) atoms. The molecular weight excluding hydrogens is 258 g/mol. The number of carbonyl (C=O) groups is 1. The van der Waals surface area contributed by atoms with E-state index in [0.717, 1.165) is 12.2 Å². The monoisotopic (exact) mass is 281 g/mol. The topological polar surface area (TPSA) is 29.5 Å². The minimum Gasteiger partial charge on any atom is -0.497 e. The van der Waals surface area contributed by atoms with Crippen LogP contribution in [-0.4, -0.2) is 42.5 Å². The van der Waals surface area contributed by atoms with E-state index in [0.29, 0.717) is 0 Å². The fraction of sp³-hybridized carbons (Fsp3) is 0.533. The summed E-state index contributed by atoms with van der Waals surface area (Å²) in [4.78, 5) is 13.9. The number of hydrogen-bond acceptors (Lipinski definition) is 3. The first-order valence-corrected chi connectivity index (χ1v) is 7.70. The number of amides is 1. The Morgan fingerprint density at radius 1 is 1.32 bits per heavy atom. The molecule has 0 aromatic heterocycles. The maximum atomic E-state index is 12.1. The predicted octanol–water partition coefficient (Wildman–Crippen LogP) is 2.84. The van der Waals surface area contributed by atoms with E-state index in [2.05, 4.69) is 6.92 Å². The lowest BCUT2D eigenvalue weighted by molar-refractivity contribution is -0.130. The number of nitrogens with zero attached hydrogens (tertiary/aromatic N) is 1. The molecule has 0 aliphatic rings. The van der Waals surface area contributed by atoms with Crippen LogP contribution in [0.3, 0.4) is 0 Å². The van der Waals surface area contributed by atoms with Gasteiger partial charge >= 0.3 is 0 Å². The minimum absolute atomic E-state index is 0.0170. The van der Waals surface area contributed by atoms with Gasteiger partial charge < -0.3 is 9.64 Å². The SMILES string of the molecule is COc1ccc(C[C@@H](C)N(C)C(=O)[C@@H](C)SC)cc1. The summed E-state index contributed by atoms with van der Waals surface area (Å²) < 4.78 is 5.14. The Morgan fingerprint density at radius 2 is 1.89 bits per heavy atom. The number of hydrogen-bond donors (Lipinski definition) is 0. The standard InChI is InChI=1S/C15H23NO2S/c1-11(16(3)15(17)12(2)19-5)10-13-6-8-14(18-4)9-7-13/h6-9,11-12H,10H2,1-5H3/t11-,12-/m1/s1. The second-order valence-corrected chi connectivity index (χ2v) is 5.91. The number of ether oxygens (including phenoxy) is 1. The number of rotatable bonds is 6. The van der Waals surface area contributed by atoms with Crippen molar-refractivity contribution in [3.8, 4) is 5.75 Å². The third kappa shape index (κ3) is 4.46. The molecule has 1 aromatic rings. The summed E-state index contributed by atoms with van der Waals surface area (Å²) in [6.45, 7) is 4.03. The van der Waals surface area contributed by atoms with E-state index >= 15 is 0 Å². The Balaban J connectivity index is 2.62. The Kier molecular flexibility index (Phi) is 6.22. The molecule has 0 saturated heterocycles. The van der Waals surface area contributed by atoms with Gasteiger partial charge in [0.15, 0.2) is 0 Å². The molecule has 0 aliphatic heterocycles. The molecule has 106 valence electrons. The lowest BCUT2D eigenvalue weighted by Crippen LogP contribution is -2.40. The Morgan fingerprint density at radius 3 is 2.37 bits per heavy atom. The van der Waals surface area contributed by atoms with Crippen LogP contribution in [0.5, 0.6) is 5.75 Å². The molecule has 2 atom stereocenters. The molecule has 1 aromatic carbocycles. The first-order valence-electron chi connectivity index (χ1n) is 6.42. The summed E-state index contributed by atoms with van der Waals surface area (Å²) in [7, 11) is 3.54. The molecule has 0 fully saturated rings. The summed E-state index contributed by atoms with van der Waals surface area (Å²) in [6.07, 6.45) is 2.82. The number of thioether (sulfide) groups is 1. The highest BCUT2D eigenvalue weighted by molar-refractivity contribution is 7.99. The van der Waals surface area contributed by atoms with Crippen LogP contribution < -0.4 is 4.74 Å². The van der Waals surface area contributed by atoms with Gasteiger partial charge in [-0.3, -0.25) is 4.79 Å². The average molecular weight is 281 g/mol. The Labute approximate surface area is 120 Å². The van der Waals surface area contributed by atoms with E-state index in [4.69, 9.17) is 4.74 Å². The maximum absolute atomic E-state index is 12.1. The van der Waals surface area contributed by atoms with Crippen molar-refractivity contribution in [3.05, 3.63) is 29.8 Å². The zero-order valence-electron chi connectivity index (χ0n) is 12.3. The van der Waals surface area contributed by atoms with Gasteiger partial charge in [-0.2, -0.15) is 11.8 Å². The highest BCUT2D eigenvalue weighted by atomic mass is 32.2. The number of likely N-dealkylation sites (N-methyl/N-ethyl adjacent to an activating group) is 1. The third-order valence-corrected chi connectivity index (χ3v) is 4.31. The third-order valence-electron chi connectivity index (χ3n) is 3.40. The van der Waals surface area contributed by atoms with Crippen LogP contribution in [0.15, 0.2) is 24.3 Å².